The molecule has 144 valence electrons. The van der Waals surface area contributed by atoms with E-state index in [1.54, 1.807) is 55.6 Å². The molecule has 1 heterocycles. The molecule has 3 rings (SSSR count). The van der Waals surface area contributed by atoms with Crippen molar-refractivity contribution in [1.82, 2.24) is 4.98 Å². The van der Waals surface area contributed by atoms with Crippen molar-refractivity contribution in [3.05, 3.63) is 77.9 Å². The second-order valence-corrected chi connectivity index (χ2v) is 5.90. The van der Waals surface area contributed by atoms with E-state index in [9.17, 15) is 9.18 Å². The molecule has 0 bridgehead atoms. The van der Waals surface area contributed by atoms with E-state index < -0.39 is 5.91 Å². The minimum atomic E-state index is -0.402. The average Bonchev–Trinajstić information content (AvgIpc) is 2.73. The first-order chi connectivity index (χ1) is 13.6. The molecule has 2 aromatic carbocycles. The average molecular weight is 381 g/mol. The first kappa shape index (κ1) is 19.2. The fourth-order valence-electron chi connectivity index (χ4n) is 2.60. The number of carbonyl (C=O) groups excluding carboxylic acids is 1. The summed E-state index contributed by atoms with van der Waals surface area (Å²) in [4.78, 5) is 16.7. The number of aromatic nitrogens is 1. The molecule has 1 amide bonds. The highest BCUT2D eigenvalue weighted by Crippen LogP contribution is 2.29. The van der Waals surface area contributed by atoms with E-state index in [-0.39, 0.29) is 11.5 Å². The molecule has 0 aliphatic carbocycles. The molecule has 7 heteroatoms. The smallest absolute Gasteiger partial charge is 0.274 e. The number of amides is 1. The van der Waals surface area contributed by atoms with Crippen LogP contribution < -0.4 is 20.1 Å². The SMILES string of the molecule is COc1ccc(OC)c(NC(=O)c2cc(NCc3ccccc3F)ccn2)c1. The first-order valence-electron chi connectivity index (χ1n) is 8.57. The van der Waals surface area contributed by atoms with Gasteiger partial charge >= 0.3 is 0 Å². The number of hydrogen-bond acceptors (Lipinski definition) is 5. The molecule has 0 aliphatic rings. The molecule has 28 heavy (non-hydrogen) atoms. The van der Waals surface area contributed by atoms with Gasteiger partial charge in [-0.25, -0.2) is 4.39 Å². The van der Waals surface area contributed by atoms with Crippen LogP contribution in [0.15, 0.2) is 60.8 Å². The molecule has 0 saturated heterocycles. The summed E-state index contributed by atoms with van der Waals surface area (Å²) in [6.07, 6.45) is 1.52. The van der Waals surface area contributed by atoms with Crippen LogP contribution in [-0.2, 0) is 6.54 Å². The number of hydrogen-bond donors (Lipinski definition) is 2. The summed E-state index contributed by atoms with van der Waals surface area (Å²) in [7, 11) is 3.06. The van der Waals surface area contributed by atoms with Gasteiger partial charge in [-0.3, -0.25) is 9.78 Å². The van der Waals surface area contributed by atoms with Crippen LogP contribution in [0.3, 0.4) is 0 Å². The highest BCUT2D eigenvalue weighted by atomic mass is 19.1. The lowest BCUT2D eigenvalue weighted by Crippen LogP contribution is -2.15. The van der Waals surface area contributed by atoms with Crippen molar-refractivity contribution < 1.29 is 18.7 Å². The Kier molecular flexibility index (Phi) is 6.06. The number of nitrogens with one attached hydrogen (secondary N) is 2. The highest BCUT2D eigenvalue weighted by molar-refractivity contribution is 6.04. The van der Waals surface area contributed by atoms with Gasteiger partial charge in [-0.1, -0.05) is 18.2 Å². The molecule has 0 unspecified atom stereocenters. The number of halogens is 1. The van der Waals surface area contributed by atoms with Crippen molar-refractivity contribution in [1.29, 1.82) is 0 Å². The zero-order valence-electron chi connectivity index (χ0n) is 15.5. The maximum atomic E-state index is 13.7. The molecule has 3 aromatic rings. The van der Waals surface area contributed by atoms with Crippen molar-refractivity contribution in [2.75, 3.05) is 24.9 Å². The molecular weight excluding hydrogens is 361 g/mol. The van der Waals surface area contributed by atoms with Gasteiger partial charge in [0.2, 0.25) is 0 Å². The van der Waals surface area contributed by atoms with Gasteiger partial charge in [0.15, 0.2) is 0 Å². The topological polar surface area (TPSA) is 72.5 Å². The number of methoxy groups -OCH3 is 2. The number of benzene rings is 2. The Morgan fingerprint density at radius 3 is 2.64 bits per heavy atom. The quantitative estimate of drug-likeness (QED) is 0.645. The Labute approximate surface area is 162 Å². The van der Waals surface area contributed by atoms with Crippen LogP contribution in [0.1, 0.15) is 16.1 Å². The number of anilines is 2. The van der Waals surface area contributed by atoms with E-state index >= 15 is 0 Å². The third-order valence-corrected chi connectivity index (χ3v) is 4.09. The van der Waals surface area contributed by atoms with Gasteiger partial charge in [-0.05, 0) is 30.3 Å². The number of nitrogens with zero attached hydrogens (tertiary/aromatic N) is 1. The van der Waals surface area contributed by atoms with Gasteiger partial charge in [-0.2, -0.15) is 0 Å². The highest BCUT2D eigenvalue weighted by Gasteiger charge is 2.13. The Morgan fingerprint density at radius 1 is 1.07 bits per heavy atom. The van der Waals surface area contributed by atoms with Gasteiger partial charge in [0, 0.05) is 30.1 Å². The fraction of sp³-hybridized carbons (Fsp3) is 0.143. The van der Waals surface area contributed by atoms with E-state index in [2.05, 4.69) is 15.6 Å². The fourth-order valence-corrected chi connectivity index (χ4v) is 2.60. The van der Waals surface area contributed by atoms with Gasteiger partial charge in [0.05, 0.1) is 19.9 Å². The van der Waals surface area contributed by atoms with E-state index in [0.29, 0.717) is 35.0 Å². The zero-order chi connectivity index (χ0) is 19.9. The molecule has 0 atom stereocenters. The van der Waals surface area contributed by atoms with Gasteiger partial charge in [-0.15, -0.1) is 0 Å². The van der Waals surface area contributed by atoms with Crippen molar-refractivity contribution in [2.45, 2.75) is 6.54 Å². The largest absolute Gasteiger partial charge is 0.497 e. The van der Waals surface area contributed by atoms with Crippen LogP contribution in [0, 0.1) is 5.82 Å². The van der Waals surface area contributed by atoms with Crippen LogP contribution in [0.4, 0.5) is 15.8 Å². The Balaban J connectivity index is 1.73. The Bertz CT molecular complexity index is 979. The number of pyridine rings is 1. The summed E-state index contributed by atoms with van der Waals surface area (Å²) in [6.45, 7) is 0.293. The van der Waals surface area contributed by atoms with Crippen molar-refractivity contribution in [2.24, 2.45) is 0 Å². The van der Waals surface area contributed by atoms with Crippen molar-refractivity contribution in [3.63, 3.8) is 0 Å². The summed E-state index contributed by atoms with van der Waals surface area (Å²) in [5, 5.41) is 5.87. The lowest BCUT2D eigenvalue weighted by atomic mass is 10.2. The van der Waals surface area contributed by atoms with E-state index in [1.807, 2.05) is 0 Å². The monoisotopic (exact) mass is 381 g/mol. The lowest BCUT2D eigenvalue weighted by Gasteiger charge is -2.12. The summed E-state index contributed by atoms with van der Waals surface area (Å²) in [5.74, 6) is 0.403. The predicted molar refractivity (Wildman–Crippen MR) is 105 cm³/mol. The third kappa shape index (κ3) is 4.56. The molecule has 2 N–H and O–H groups in total. The summed E-state index contributed by atoms with van der Waals surface area (Å²) < 4.78 is 24.2. The lowest BCUT2D eigenvalue weighted by molar-refractivity contribution is 0.102. The van der Waals surface area contributed by atoms with Gasteiger partial charge in [0.25, 0.3) is 5.91 Å². The molecule has 0 saturated carbocycles. The van der Waals surface area contributed by atoms with Crippen molar-refractivity contribution in [3.8, 4) is 11.5 Å². The minimum Gasteiger partial charge on any atom is -0.497 e. The van der Waals surface area contributed by atoms with Crippen molar-refractivity contribution >= 4 is 17.3 Å². The predicted octanol–water partition coefficient (Wildman–Crippen LogP) is 4.10. The van der Waals surface area contributed by atoms with Gasteiger partial charge in [0.1, 0.15) is 23.0 Å². The third-order valence-electron chi connectivity index (χ3n) is 4.09. The molecule has 1 aromatic heterocycles. The Hall–Kier alpha value is -3.61. The minimum absolute atomic E-state index is 0.211. The van der Waals surface area contributed by atoms with Crippen LogP contribution in [0.2, 0.25) is 0 Å². The second kappa shape index (κ2) is 8.85. The number of rotatable bonds is 7. The summed E-state index contributed by atoms with van der Waals surface area (Å²) in [6, 6.07) is 14.9. The first-order valence-corrected chi connectivity index (χ1v) is 8.57. The maximum Gasteiger partial charge on any atom is 0.274 e. The molecule has 0 aliphatic heterocycles. The molecule has 6 nitrogen and oxygen atoms in total. The summed E-state index contributed by atoms with van der Waals surface area (Å²) >= 11 is 0. The molecular formula is C21H20FN3O3. The molecule has 0 fully saturated rings. The standard InChI is InChI=1S/C21H20FN3O3/c1-27-16-7-8-20(28-2)18(12-16)25-21(26)19-11-15(9-10-23-19)24-13-14-5-3-4-6-17(14)22/h3-12H,13H2,1-2H3,(H,23,24)(H,25,26). The van der Waals surface area contributed by atoms with E-state index in [4.69, 9.17) is 9.47 Å². The van der Waals surface area contributed by atoms with E-state index in [1.165, 1.54) is 19.4 Å². The summed E-state index contributed by atoms with van der Waals surface area (Å²) in [5.41, 5.74) is 1.87. The second-order valence-electron chi connectivity index (χ2n) is 5.90. The van der Waals surface area contributed by atoms with Gasteiger partial charge < -0.3 is 20.1 Å². The van der Waals surface area contributed by atoms with Crippen LogP contribution in [-0.4, -0.2) is 25.1 Å². The van der Waals surface area contributed by atoms with Crippen LogP contribution in [0.5, 0.6) is 11.5 Å². The molecule has 0 radical (unpaired) electrons. The van der Waals surface area contributed by atoms with Crippen LogP contribution >= 0.6 is 0 Å². The normalized spacial score (nSPS) is 10.2. The number of carbonyl (C=O) groups is 1. The zero-order valence-corrected chi connectivity index (χ0v) is 15.5. The van der Waals surface area contributed by atoms with E-state index in [0.717, 1.165) is 0 Å². The Morgan fingerprint density at radius 2 is 1.89 bits per heavy atom. The maximum absolute atomic E-state index is 13.7. The molecule has 0 spiro atoms. The van der Waals surface area contributed by atoms with Crippen LogP contribution in [0.25, 0.3) is 0 Å². The number of ether oxygens (including phenoxy) is 2.